The SMILES string of the molecule is CCCCN(C(=O)C(C)NC(=O)OC(C)(C)C)C(C(=O)NCC(=O)OC)c1cccc(O)c1. The maximum absolute atomic E-state index is 13.4. The number of rotatable bonds is 10. The Morgan fingerprint density at radius 2 is 1.85 bits per heavy atom. The largest absolute Gasteiger partial charge is 0.508 e. The van der Waals surface area contributed by atoms with Crippen LogP contribution in [0.5, 0.6) is 5.75 Å². The standard InChI is InChI=1S/C23H35N3O7/c1-7-8-12-26(21(30)15(2)25-22(31)33-23(3,4)5)19(16-10-9-11-17(27)13-16)20(29)24-14-18(28)32-6/h9-11,13,15,19,27H,7-8,12,14H2,1-6H3,(H,24,29)(H,25,31). The highest BCUT2D eigenvalue weighted by atomic mass is 16.6. The zero-order chi connectivity index (χ0) is 25.2. The number of carbonyl (C=O) groups excluding carboxylic acids is 4. The summed E-state index contributed by atoms with van der Waals surface area (Å²) in [6, 6.07) is 3.82. The normalized spacial score (nSPS) is 12.8. The van der Waals surface area contributed by atoms with Gasteiger partial charge in [-0.3, -0.25) is 14.4 Å². The molecule has 0 saturated heterocycles. The monoisotopic (exact) mass is 465 g/mol. The molecular weight excluding hydrogens is 430 g/mol. The van der Waals surface area contributed by atoms with Gasteiger partial charge in [-0.2, -0.15) is 0 Å². The quantitative estimate of drug-likeness (QED) is 0.451. The second kappa shape index (κ2) is 12.7. The highest BCUT2D eigenvalue weighted by molar-refractivity contribution is 5.93. The number of amides is 3. The highest BCUT2D eigenvalue weighted by Crippen LogP contribution is 2.26. The Morgan fingerprint density at radius 1 is 1.18 bits per heavy atom. The highest BCUT2D eigenvalue weighted by Gasteiger charge is 2.34. The molecule has 0 saturated carbocycles. The Kier molecular flexibility index (Phi) is 10.6. The van der Waals surface area contributed by atoms with Crippen molar-refractivity contribution >= 4 is 23.9 Å². The molecule has 10 heteroatoms. The molecule has 0 aliphatic carbocycles. The van der Waals surface area contributed by atoms with Gasteiger partial charge in [-0.1, -0.05) is 25.5 Å². The van der Waals surface area contributed by atoms with Crippen LogP contribution in [0.1, 0.15) is 59.1 Å². The number of phenols is 1. The smallest absolute Gasteiger partial charge is 0.408 e. The number of unbranched alkanes of at least 4 members (excludes halogenated alkanes) is 1. The van der Waals surface area contributed by atoms with Crippen LogP contribution in [0.4, 0.5) is 4.79 Å². The fourth-order valence-corrected chi connectivity index (χ4v) is 2.99. The summed E-state index contributed by atoms with van der Waals surface area (Å²) in [6.45, 7) is 8.37. The third-order valence-electron chi connectivity index (χ3n) is 4.52. The molecule has 0 aliphatic rings. The predicted octanol–water partition coefficient (Wildman–Crippen LogP) is 2.26. The molecule has 1 aromatic carbocycles. The summed E-state index contributed by atoms with van der Waals surface area (Å²) in [5.74, 6) is -1.87. The van der Waals surface area contributed by atoms with Crippen molar-refractivity contribution in [3.8, 4) is 5.75 Å². The molecule has 10 nitrogen and oxygen atoms in total. The van der Waals surface area contributed by atoms with Crippen molar-refractivity contribution in [2.24, 2.45) is 0 Å². The topological polar surface area (TPSA) is 134 Å². The van der Waals surface area contributed by atoms with Gasteiger partial charge in [0.25, 0.3) is 0 Å². The van der Waals surface area contributed by atoms with E-state index < -0.39 is 41.6 Å². The molecule has 2 atom stereocenters. The number of hydrogen-bond donors (Lipinski definition) is 3. The molecule has 184 valence electrons. The lowest BCUT2D eigenvalue weighted by atomic mass is 10.0. The van der Waals surface area contributed by atoms with Crippen LogP contribution in [-0.2, 0) is 23.9 Å². The molecule has 33 heavy (non-hydrogen) atoms. The number of aromatic hydroxyl groups is 1. The van der Waals surface area contributed by atoms with Crippen molar-refractivity contribution in [3.05, 3.63) is 29.8 Å². The van der Waals surface area contributed by atoms with Crippen molar-refractivity contribution in [1.29, 1.82) is 0 Å². The molecular formula is C23H35N3O7. The summed E-state index contributed by atoms with van der Waals surface area (Å²) in [6.07, 6.45) is 0.571. The van der Waals surface area contributed by atoms with Gasteiger partial charge in [0.2, 0.25) is 11.8 Å². The molecule has 0 aromatic heterocycles. The van der Waals surface area contributed by atoms with Gasteiger partial charge in [-0.15, -0.1) is 0 Å². The number of carbonyl (C=O) groups is 4. The number of methoxy groups -OCH3 is 1. The Balaban J connectivity index is 3.26. The summed E-state index contributed by atoms with van der Waals surface area (Å²) >= 11 is 0. The molecule has 0 spiro atoms. The number of nitrogens with one attached hydrogen (secondary N) is 2. The summed E-state index contributed by atoms with van der Waals surface area (Å²) in [5, 5.41) is 14.9. The fraction of sp³-hybridized carbons (Fsp3) is 0.565. The first-order valence-electron chi connectivity index (χ1n) is 10.8. The van der Waals surface area contributed by atoms with Gasteiger partial charge in [0.1, 0.15) is 30.0 Å². The van der Waals surface area contributed by atoms with Crippen LogP contribution in [0, 0.1) is 0 Å². The minimum Gasteiger partial charge on any atom is -0.508 e. The molecule has 0 bridgehead atoms. The van der Waals surface area contributed by atoms with Crippen LogP contribution in [0.25, 0.3) is 0 Å². The van der Waals surface area contributed by atoms with Gasteiger partial charge >= 0.3 is 12.1 Å². The van der Waals surface area contributed by atoms with Crippen LogP contribution in [0.2, 0.25) is 0 Å². The summed E-state index contributed by atoms with van der Waals surface area (Å²) in [7, 11) is 1.20. The van der Waals surface area contributed by atoms with Crippen molar-refractivity contribution in [2.75, 3.05) is 20.2 Å². The number of ether oxygens (including phenoxy) is 2. The Labute approximate surface area is 194 Å². The number of hydrogen-bond acceptors (Lipinski definition) is 7. The molecule has 1 aromatic rings. The van der Waals surface area contributed by atoms with Crippen LogP contribution in [0.15, 0.2) is 24.3 Å². The van der Waals surface area contributed by atoms with Gasteiger partial charge in [0.05, 0.1) is 7.11 Å². The first-order valence-corrected chi connectivity index (χ1v) is 10.8. The first-order chi connectivity index (χ1) is 15.4. The number of alkyl carbamates (subject to hydrolysis) is 1. The molecule has 3 amide bonds. The van der Waals surface area contributed by atoms with E-state index in [1.54, 1.807) is 32.9 Å². The molecule has 1 rings (SSSR count). The summed E-state index contributed by atoms with van der Waals surface area (Å²) < 4.78 is 9.78. The van der Waals surface area contributed by atoms with Crippen molar-refractivity contribution in [3.63, 3.8) is 0 Å². The van der Waals surface area contributed by atoms with Crippen LogP contribution >= 0.6 is 0 Å². The zero-order valence-corrected chi connectivity index (χ0v) is 20.1. The molecule has 0 fully saturated rings. The number of benzene rings is 1. The minimum absolute atomic E-state index is 0.0823. The average Bonchev–Trinajstić information content (AvgIpc) is 2.72. The number of nitrogens with zero attached hydrogens (tertiary/aromatic N) is 1. The molecule has 0 radical (unpaired) electrons. The number of phenolic OH excluding ortho intramolecular Hbond substituents is 1. The van der Waals surface area contributed by atoms with Crippen LogP contribution < -0.4 is 10.6 Å². The van der Waals surface area contributed by atoms with E-state index in [9.17, 15) is 24.3 Å². The van der Waals surface area contributed by atoms with Crippen molar-refractivity contribution < 1.29 is 33.8 Å². The van der Waals surface area contributed by atoms with Crippen molar-refractivity contribution in [1.82, 2.24) is 15.5 Å². The molecule has 2 unspecified atom stereocenters. The van der Waals surface area contributed by atoms with E-state index in [0.29, 0.717) is 12.0 Å². The fourth-order valence-electron chi connectivity index (χ4n) is 2.99. The van der Waals surface area contributed by atoms with Crippen LogP contribution in [0.3, 0.4) is 0 Å². The van der Waals surface area contributed by atoms with E-state index in [1.165, 1.54) is 31.1 Å². The lowest BCUT2D eigenvalue weighted by Crippen LogP contribution is -2.52. The zero-order valence-electron chi connectivity index (χ0n) is 20.1. The lowest BCUT2D eigenvalue weighted by molar-refractivity contribution is -0.144. The molecule has 0 aliphatic heterocycles. The van der Waals surface area contributed by atoms with E-state index in [2.05, 4.69) is 15.4 Å². The van der Waals surface area contributed by atoms with Gasteiger partial charge in [0.15, 0.2) is 0 Å². The van der Waals surface area contributed by atoms with Gasteiger partial charge in [-0.05, 0) is 51.8 Å². The predicted molar refractivity (Wildman–Crippen MR) is 121 cm³/mol. The van der Waals surface area contributed by atoms with Crippen molar-refractivity contribution in [2.45, 2.75) is 65.1 Å². The maximum Gasteiger partial charge on any atom is 0.408 e. The minimum atomic E-state index is -1.15. The van der Waals surface area contributed by atoms with Crippen LogP contribution in [-0.4, -0.2) is 65.7 Å². The van der Waals surface area contributed by atoms with E-state index in [0.717, 1.165) is 6.42 Å². The van der Waals surface area contributed by atoms with Gasteiger partial charge in [-0.25, -0.2) is 4.79 Å². The van der Waals surface area contributed by atoms with Gasteiger partial charge < -0.3 is 30.1 Å². The third kappa shape index (κ3) is 9.38. The second-order valence-electron chi connectivity index (χ2n) is 8.54. The molecule has 3 N–H and O–H groups in total. The summed E-state index contributed by atoms with van der Waals surface area (Å²) in [5.41, 5.74) is -0.390. The Bertz CT molecular complexity index is 836. The van der Waals surface area contributed by atoms with E-state index in [-0.39, 0.29) is 18.8 Å². The van der Waals surface area contributed by atoms with E-state index in [4.69, 9.17) is 4.74 Å². The van der Waals surface area contributed by atoms with Gasteiger partial charge in [0, 0.05) is 6.54 Å². The first kappa shape index (κ1) is 27.7. The van der Waals surface area contributed by atoms with E-state index in [1.807, 2.05) is 6.92 Å². The lowest BCUT2D eigenvalue weighted by Gasteiger charge is -2.33. The third-order valence-corrected chi connectivity index (χ3v) is 4.52. The number of esters is 1. The summed E-state index contributed by atoms with van der Waals surface area (Å²) in [4.78, 5) is 51.5. The van der Waals surface area contributed by atoms with E-state index >= 15 is 0 Å². The Morgan fingerprint density at radius 3 is 2.39 bits per heavy atom. The average molecular weight is 466 g/mol. The Hall–Kier alpha value is -3.30. The second-order valence-corrected chi connectivity index (χ2v) is 8.54. The maximum atomic E-state index is 13.4. The molecule has 0 heterocycles.